The largest absolute Gasteiger partial charge is 0.469 e. The van der Waals surface area contributed by atoms with Crippen LogP contribution in [-0.2, 0) is 19.1 Å². The minimum Gasteiger partial charge on any atom is -0.469 e. The lowest BCUT2D eigenvalue weighted by molar-refractivity contribution is -0.147. The van der Waals surface area contributed by atoms with E-state index in [2.05, 4.69) is 18.7 Å². The number of likely N-dealkylation sites (N-methyl/N-ethyl adjacent to an activating group) is 1. The zero-order valence-corrected chi connectivity index (χ0v) is 13.3. The molecule has 0 aliphatic carbocycles. The summed E-state index contributed by atoms with van der Waals surface area (Å²) >= 11 is 0. The van der Waals surface area contributed by atoms with Crippen molar-refractivity contribution in [2.75, 3.05) is 53.6 Å². The van der Waals surface area contributed by atoms with Gasteiger partial charge in [-0.05, 0) is 13.1 Å². The maximum absolute atomic E-state index is 12.0. The highest BCUT2D eigenvalue weighted by Gasteiger charge is 2.21. The molecule has 0 saturated heterocycles. The summed E-state index contributed by atoms with van der Waals surface area (Å²) in [6.07, 6.45) is 0. The van der Waals surface area contributed by atoms with Gasteiger partial charge >= 0.3 is 5.97 Å². The Morgan fingerprint density at radius 2 is 1.70 bits per heavy atom. The van der Waals surface area contributed by atoms with Gasteiger partial charge in [0.05, 0.1) is 13.0 Å². The van der Waals surface area contributed by atoms with Crippen LogP contribution in [0.2, 0.25) is 0 Å². The smallest absolute Gasteiger partial charge is 0.310 e. The van der Waals surface area contributed by atoms with Crippen molar-refractivity contribution < 1.29 is 19.1 Å². The lowest BCUT2D eigenvalue weighted by Gasteiger charge is -2.28. The number of nitrogens with zero attached hydrogens (tertiary/aromatic N) is 2. The second kappa shape index (κ2) is 10.6. The fourth-order valence-electron chi connectivity index (χ4n) is 1.94. The zero-order chi connectivity index (χ0) is 15.5. The van der Waals surface area contributed by atoms with E-state index < -0.39 is 0 Å². The van der Waals surface area contributed by atoms with Gasteiger partial charge in [-0.1, -0.05) is 20.8 Å². The third kappa shape index (κ3) is 6.86. The minimum atomic E-state index is -0.336. The first kappa shape index (κ1) is 18.9. The molecule has 0 aliphatic rings. The normalized spacial score (nSPS) is 12.3. The maximum Gasteiger partial charge on any atom is 0.310 e. The van der Waals surface area contributed by atoms with Crippen LogP contribution in [0.4, 0.5) is 0 Å². The predicted octanol–water partition coefficient (Wildman–Crippen LogP) is 0.612. The maximum atomic E-state index is 12.0. The Morgan fingerprint density at radius 3 is 2.15 bits per heavy atom. The van der Waals surface area contributed by atoms with E-state index in [1.165, 1.54) is 14.2 Å². The van der Waals surface area contributed by atoms with Crippen molar-refractivity contribution in [2.45, 2.75) is 20.8 Å². The number of carbonyl (C=O) groups is 2. The van der Waals surface area contributed by atoms with Crippen LogP contribution in [0.25, 0.3) is 0 Å². The summed E-state index contributed by atoms with van der Waals surface area (Å²) in [7, 11) is 2.85. The Balaban J connectivity index is 4.56. The first-order valence-electron chi connectivity index (χ1n) is 7.06. The van der Waals surface area contributed by atoms with Gasteiger partial charge in [0.25, 0.3) is 0 Å². The monoisotopic (exact) mass is 288 g/mol. The fraction of sp³-hybridized carbons (Fsp3) is 0.857. The van der Waals surface area contributed by atoms with Crippen LogP contribution in [0, 0.1) is 5.92 Å². The molecule has 0 aliphatic heterocycles. The predicted molar refractivity (Wildman–Crippen MR) is 77.4 cm³/mol. The van der Waals surface area contributed by atoms with E-state index in [1.807, 2.05) is 0 Å². The van der Waals surface area contributed by atoms with Crippen molar-refractivity contribution in [2.24, 2.45) is 5.92 Å². The molecule has 1 atom stereocenters. The second-order valence-corrected chi connectivity index (χ2v) is 4.72. The van der Waals surface area contributed by atoms with Crippen molar-refractivity contribution in [3.8, 4) is 0 Å². The third-order valence-corrected chi connectivity index (χ3v) is 3.30. The van der Waals surface area contributed by atoms with E-state index in [-0.39, 0.29) is 24.4 Å². The summed E-state index contributed by atoms with van der Waals surface area (Å²) < 4.78 is 9.59. The van der Waals surface area contributed by atoms with Gasteiger partial charge in [-0.15, -0.1) is 0 Å². The zero-order valence-electron chi connectivity index (χ0n) is 13.3. The Morgan fingerprint density at radius 1 is 1.10 bits per heavy atom. The molecule has 0 spiro atoms. The van der Waals surface area contributed by atoms with Crippen LogP contribution in [0.1, 0.15) is 20.8 Å². The van der Waals surface area contributed by atoms with Gasteiger partial charge in [0.15, 0.2) is 0 Å². The summed E-state index contributed by atoms with van der Waals surface area (Å²) in [6, 6.07) is 0. The SMILES string of the molecule is CCN(CC)CCN(CC(C)C(=O)OC)C(=O)COC. The highest BCUT2D eigenvalue weighted by Crippen LogP contribution is 2.04. The topological polar surface area (TPSA) is 59.1 Å². The molecule has 20 heavy (non-hydrogen) atoms. The van der Waals surface area contributed by atoms with Crippen LogP contribution < -0.4 is 0 Å². The first-order chi connectivity index (χ1) is 9.49. The van der Waals surface area contributed by atoms with Crippen molar-refractivity contribution in [3.05, 3.63) is 0 Å². The van der Waals surface area contributed by atoms with Crippen LogP contribution in [0.3, 0.4) is 0 Å². The first-order valence-corrected chi connectivity index (χ1v) is 7.06. The van der Waals surface area contributed by atoms with Crippen molar-refractivity contribution in [1.29, 1.82) is 0 Å². The highest BCUT2D eigenvalue weighted by atomic mass is 16.5. The number of methoxy groups -OCH3 is 2. The molecule has 0 saturated carbocycles. The van der Waals surface area contributed by atoms with Crippen LogP contribution in [0.15, 0.2) is 0 Å². The Hall–Kier alpha value is -1.14. The fourth-order valence-corrected chi connectivity index (χ4v) is 1.94. The number of carbonyl (C=O) groups excluding carboxylic acids is 2. The summed E-state index contributed by atoms with van der Waals surface area (Å²) in [5.74, 6) is -0.740. The van der Waals surface area contributed by atoms with Gasteiger partial charge < -0.3 is 19.3 Å². The number of hydrogen-bond donors (Lipinski definition) is 0. The average molecular weight is 288 g/mol. The second-order valence-electron chi connectivity index (χ2n) is 4.72. The third-order valence-electron chi connectivity index (χ3n) is 3.30. The molecule has 0 N–H and O–H groups in total. The molecule has 0 rings (SSSR count). The number of rotatable bonds is 10. The molecule has 0 fully saturated rings. The number of hydrogen-bond acceptors (Lipinski definition) is 5. The van der Waals surface area contributed by atoms with Gasteiger partial charge in [0.2, 0.25) is 5.91 Å². The van der Waals surface area contributed by atoms with Crippen molar-refractivity contribution >= 4 is 11.9 Å². The molecule has 0 heterocycles. The summed E-state index contributed by atoms with van der Waals surface area (Å²) in [4.78, 5) is 27.4. The number of ether oxygens (including phenoxy) is 2. The van der Waals surface area contributed by atoms with Gasteiger partial charge in [0.1, 0.15) is 6.61 Å². The van der Waals surface area contributed by atoms with Crippen LogP contribution >= 0.6 is 0 Å². The Bertz CT molecular complexity index is 293. The quantitative estimate of drug-likeness (QED) is 0.551. The van der Waals surface area contributed by atoms with Crippen LogP contribution in [-0.4, -0.2) is 75.2 Å². The molecule has 6 nitrogen and oxygen atoms in total. The molecular formula is C14H28N2O4. The molecule has 0 aromatic rings. The van der Waals surface area contributed by atoms with E-state index in [1.54, 1.807) is 11.8 Å². The molecular weight excluding hydrogens is 260 g/mol. The molecule has 1 amide bonds. The lowest BCUT2D eigenvalue weighted by atomic mass is 10.1. The Labute approximate surface area is 122 Å². The molecule has 0 bridgehead atoms. The van der Waals surface area contributed by atoms with Gasteiger partial charge in [-0.2, -0.15) is 0 Å². The molecule has 0 aromatic carbocycles. The van der Waals surface area contributed by atoms with E-state index in [0.29, 0.717) is 13.1 Å². The van der Waals surface area contributed by atoms with Crippen molar-refractivity contribution in [3.63, 3.8) is 0 Å². The summed E-state index contributed by atoms with van der Waals surface area (Å²) in [5.41, 5.74) is 0. The summed E-state index contributed by atoms with van der Waals surface area (Å²) in [6.45, 7) is 9.58. The van der Waals surface area contributed by atoms with Gasteiger partial charge in [-0.25, -0.2) is 0 Å². The van der Waals surface area contributed by atoms with Crippen molar-refractivity contribution in [1.82, 2.24) is 9.80 Å². The molecule has 1 unspecified atom stereocenters. The number of amides is 1. The van der Waals surface area contributed by atoms with E-state index in [4.69, 9.17) is 9.47 Å². The van der Waals surface area contributed by atoms with Gasteiger partial charge in [-0.3, -0.25) is 9.59 Å². The van der Waals surface area contributed by atoms with E-state index in [0.717, 1.165) is 19.6 Å². The van der Waals surface area contributed by atoms with Gasteiger partial charge in [0, 0.05) is 26.7 Å². The Kier molecular flexibility index (Phi) is 10.0. The minimum absolute atomic E-state index is 0.0339. The molecule has 6 heteroatoms. The molecule has 0 radical (unpaired) electrons. The highest BCUT2D eigenvalue weighted by molar-refractivity contribution is 5.78. The molecule has 0 aromatic heterocycles. The standard InChI is InChI=1S/C14H28N2O4/c1-6-15(7-2)8-9-16(13(17)11-19-4)10-12(3)14(18)20-5/h12H,6-11H2,1-5H3. The molecule has 118 valence electrons. The average Bonchev–Trinajstić information content (AvgIpc) is 2.45. The van der Waals surface area contributed by atoms with E-state index in [9.17, 15) is 9.59 Å². The van der Waals surface area contributed by atoms with Crippen LogP contribution in [0.5, 0.6) is 0 Å². The lowest BCUT2D eigenvalue weighted by Crippen LogP contribution is -2.43. The van der Waals surface area contributed by atoms with E-state index >= 15 is 0 Å². The summed E-state index contributed by atoms with van der Waals surface area (Å²) in [5, 5.41) is 0. The number of esters is 1.